The lowest BCUT2D eigenvalue weighted by molar-refractivity contribution is 0.0963. The van der Waals surface area contributed by atoms with Crippen LogP contribution in [0.4, 0.5) is 0 Å². The molecule has 0 radical (unpaired) electrons. The van der Waals surface area contributed by atoms with E-state index in [1.807, 2.05) is 6.07 Å². The second-order valence-electron chi connectivity index (χ2n) is 2.61. The number of fused-ring (bicyclic) bond motifs is 1. The molecule has 0 fully saturated rings. The van der Waals surface area contributed by atoms with Crippen LogP contribution in [0, 0.1) is 0 Å². The molecular formula is C9H8N2OS. The molecule has 1 N–H and O–H groups in total. The third-order valence-electron chi connectivity index (χ3n) is 1.82. The Hall–Kier alpha value is -1.42. The van der Waals surface area contributed by atoms with Crippen LogP contribution in [0.25, 0.3) is 10.2 Å². The lowest BCUT2D eigenvalue weighted by Gasteiger charge is -1.97. The highest BCUT2D eigenvalue weighted by molar-refractivity contribution is 7.16. The number of nitrogens with zero attached hydrogens (tertiary/aromatic N) is 1. The number of carbonyl (C=O) groups excluding carboxylic acids is 1. The minimum Gasteiger partial charge on any atom is -0.355 e. The third-order valence-corrected chi connectivity index (χ3v) is 2.63. The predicted molar refractivity (Wildman–Crippen MR) is 53.0 cm³/mol. The largest absolute Gasteiger partial charge is 0.355 e. The number of rotatable bonds is 1. The first-order chi connectivity index (χ1) is 6.31. The molecule has 3 nitrogen and oxygen atoms in total. The van der Waals surface area contributed by atoms with Crippen LogP contribution in [0.1, 0.15) is 10.4 Å². The lowest BCUT2D eigenvalue weighted by Crippen LogP contribution is -2.17. The van der Waals surface area contributed by atoms with Crippen molar-refractivity contribution >= 4 is 27.5 Å². The Labute approximate surface area is 79.4 Å². The summed E-state index contributed by atoms with van der Waals surface area (Å²) < 4.78 is 1.10. The van der Waals surface area contributed by atoms with Gasteiger partial charge in [-0.2, -0.15) is 0 Å². The molecule has 0 aliphatic heterocycles. The van der Waals surface area contributed by atoms with Gasteiger partial charge in [-0.1, -0.05) is 0 Å². The maximum Gasteiger partial charge on any atom is 0.251 e. The van der Waals surface area contributed by atoms with Crippen LogP contribution in [0.3, 0.4) is 0 Å². The molecule has 66 valence electrons. The van der Waals surface area contributed by atoms with Gasteiger partial charge in [0.05, 0.1) is 15.7 Å². The van der Waals surface area contributed by atoms with Crippen LogP contribution < -0.4 is 5.32 Å². The number of carbonyl (C=O) groups is 1. The van der Waals surface area contributed by atoms with Crippen LogP contribution in [-0.4, -0.2) is 17.9 Å². The molecule has 0 saturated carbocycles. The van der Waals surface area contributed by atoms with Crippen molar-refractivity contribution < 1.29 is 4.79 Å². The van der Waals surface area contributed by atoms with Crippen molar-refractivity contribution in [3.05, 3.63) is 29.3 Å². The van der Waals surface area contributed by atoms with Gasteiger partial charge in [0.2, 0.25) is 0 Å². The monoisotopic (exact) mass is 192 g/mol. The van der Waals surface area contributed by atoms with Gasteiger partial charge in [0, 0.05) is 12.6 Å². The molecule has 0 saturated heterocycles. The predicted octanol–water partition coefficient (Wildman–Crippen LogP) is 1.66. The second kappa shape index (κ2) is 3.14. The first-order valence-corrected chi connectivity index (χ1v) is 4.74. The van der Waals surface area contributed by atoms with Gasteiger partial charge in [-0.05, 0) is 18.2 Å². The zero-order chi connectivity index (χ0) is 9.26. The number of aromatic nitrogens is 1. The molecule has 0 unspecified atom stereocenters. The summed E-state index contributed by atoms with van der Waals surface area (Å²) in [6.45, 7) is 0. The van der Waals surface area contributed by atoms with Gasteiger partial charge in [0.15, 0.2) is 0 Å². The lowest BCUT2D eigenvalue weighted by atomic mass is 10.2. The number of nitrogens with one attached hydrogen (secondary N) is 1. The van der Waals surface area contributed by atoms with Crippen molar-refractivity contribution in [2.45, 2.75) is 0 Å². The van der Waals surface area contributed by atoms with Crippen molar-refractivity contribution in [1.82, 2.24) is 10.3 Å². The van der Waals surface area contributed by atoms with Gasteiger partial charge in [-0.3, -0.25) is 4.79 Å². The van der Waals surface area contributed by atoms with Gasteiger partial charge < -0.3 is 5.32 Å². The van der Waals surface area contributed by atoms with Crippen LogP contribution in [-0.2, 0) is 0 Å². The quantitative estimate of drug-likeness (QED) is 0.746. The Morgan fingerprint density at radius 3 is 3.15 bits per heavy atom. The van der Waals surface area contributed by atoms with Crippen molar-refractivity contribution in [3.8, 4) is 0 Å². The highest BCUT2D eigenvalue weighted by atomic mass is 32.1. The summed E-state index contributed by atoms with van der Waals surface area (Å²) in [7, 11) is 1.62. The van der Waals surface area contributed by atoms with E-state index in [9.17, 15) is 4.79 Å². The summed E-state index contributed by atoms with van der Waals surface area (Å²) in [4.78, 5) is 15.4. The minimum absolute atomic E-state index is 0.0742. The topological polar surface area (TPSA) is 42.0 Å². The molecule has 1 heterocycles. The SMILES string of the molecule is CNC(=O)c1ccc2scnc2c1. The average Bonchev–Trinajstić information content (AvgIpc) is 2.63. The summed E-state index contributed by atoms with van der Waals surface area (Å²) in [6.07, 6.45) is 0. The minimum atomic E-state index is -0.0742. The molecule has 0 spiro atoms. The van der Waals surface area contributed by atoms with E-state index in [-0.39, 0.29) is 5.91 Å². The van der Waals surface area contributed by atoms with Gasteiger partial charge in [0.1, 0.15) is 0 Å². The fourth-order valence-corrected chi connectivity index (χ4v) is 1.80. The molecule has 1 aromatic carbocycles. The Morgan fingerprint density at radius 1 is 1.54 bits per heavy atom. The summed E-state index contributed by atoms with van der Waals surface area (Å²) in [5.74, 6) is -0.0742. The second-order valence-corrected chi connectivity index (χ2v) is 3.50. The molecule has 1 aromatic heterocycles. The van der Waals surface area contributed by atoms with E-state index in [2.05, 4.69) is 10.3 Å². The standard InChI is InChI=1S/C9H8N2OS/c1-10-9(12)6-2-3-8-7(4-6)11-5-13-8/h2-5H,1H3,(H,10,12). The summed E-state index contributed by atoms with van der Waals surface area (Å²) in [5, 5.41) is 2.57. The molecule has 4 heteroatoms. The normalized spacial score (nSPS) is 10.2. The Kier molecular flexibility index (Phi) is 1.98. The molecule has 2 aromatic rings. The molecule has 0 aliphatic rings. The van der Waals surface area contributed by atoms with E-state index in [0.29, 0.717) is 5.56 Å². The maximum atomic E-state index is 11.2. The zero-order valence-electron chi connectivity index (χ0n) is 7.07. The van der Waals surface area contributed by atoms with Gasteiger partial charge in [0.25, 0.3) is 5.91 Å². The summed E-state index contributed by atoms with van der Waals surface area (Å²) in [5.41, 5.74) is 3.31. The smallest absolute Gasteiger partial charge is 0.251 e. The Morgan fingerprint density at radius 2 is 2.38 bits per heavy atom. The van der Waals surface area contributed by atoms with E-state index in [4.69, 9.17) is 0 Å². The van der Waals surface area contributed by atoms with Gasteiger partial charge >= 0.3 is 0 Å². The van der Waals surface area contributed by atoms with Crippen LogP contribution in [0.15, 0.2) is 23.7 Å². The van der Waals surface area contributed by atoms with E-state index in [0.717, 1.165) is 10.2 Å². The fourth-order valence-electron chi connectivity index (χ4n) is 1.14. The van der Waals surface area contributed by atoms with E-state index >= 15 is 0 Å². The highest BCUT2D eigenvalue weighted by Gasteiger charge is 2.04. The van der Waals surface area contributed by atoms with Crippen molar-refractivity contribution in [2.24, 2.45) is 0 Å². The molecule has 0 aliphatic carbocycles. The molecule has 0 atom stereocenters. The van der Waals surface area contributed by atoms with Crippen LogP contribution in [0.2, 0.25) is 0 Å². The van der Waals surface area contributed by atoms with Gasteiger partial charge in [-0.15, -0.1) is 11.3 Å². The highest BCUT2D eigenvalue weighted by Crippen LogP contribution is 2.18. The number of hydrogen-bond donors (Lipinski definition) is 1. The van der Waals surface area contributed by atoms with E-state index in [1.54, 1.807) is 36.0 Å². The Bertz CT molecular complexity index is 450. The zero-order valence-corrected chi connectivity index (χ0v) is 7.89. The maximum absolute atomic E-state index is 11.2. The van der Waals surface area contributed by atoms with Crippen molar-refractivity contribution in [3.63, 3.8) is 0 Å². The first kappa shape index (κ1) is 8.19. The third kappa shape index (κ3) is 1.40. The molecular weight excluding hydrogens is 184 g/mol. The Balaban J connectivity index is 2.54. The van der Waals surface area contributed by atoms with Crippen LogP contribution in [0.5, 0.6) is 0 Å². The first-order valence-electron chi connectivity index (χ1n) is 3.86. The molecule has 1 amide bonds. The molecule has 2 rings (SSSR count). The number of amides is 1. The molecule has 0 bridgehead atoms. The van der Waals surface area contributed by atoms with E-state index < -0.39 is 0 Å². The van der Waals surface area contributed by atoms with Crippen molar-refractivity contribution in [1.29, 1.82) is 0 Å². The number of benzene rings is 1. The van der Waals surface area contributed by atoms with Crippen molar-refractivity contribution in [2.75, 3.05) is 7.05 Å². The average molecular weight is 192 g/mol. The fraction of sp³-hybridized carbons (Fsp3) is 0.111. The molecule has 13 heavy (non-hydrogen) atoms. The summed E-state index contributed by atoms with van der Waals surface area (Å²) >= 11 is 1.57. The van der Waals surface area contributed by atoms with Gasteiger partial charge in [-0.25, -0.2) is 4.98 Å². The number of thiazole rings is 1. The number of hydrogen-bond acceptors (Lipinski definition) is 3. The van der Waals surface area contributed by atoms with Crippen LogP contribution >= 0.6 is 11.3 Å². The van der Waals surface area contributed by atoms with E-state index in [1.165, 1.54) is 0 Å². The summed E-state index contributed by atoms with van der Waals surface area (Å²) in [6, 6.07) is 5.52.